The molecule has 0 aliphatic carbocycles. The number of hydrazine groups is 1. The van der Waals surface area contributed by atoms with Crippen LogP contribution >= 0.6 is 0 Å². The van der Waals surface area contributed by atoms with E-state index in [9.17, 15) is 0 Å². The van der Waals surface area contributed by atoms with E-state index in [0.29, 0.717) is 0 Å². The van der Waals surface area contributed by atoms with Gasteiger partial charge in [0.25, 0.3) is 6.16 Å². The molecule has 0 fully saturated rings. The van der Waals surface area contributed by atoms with Crippen LogP contribution in [0.1, 0.15) is 0 Å². The van der Waals surface area contributed by atoms with E-state index in [0.717, 1.165) is 0 Å². The van der Waals surface area contributed by atoms with Gasteiger partial charge < -0.3 is 14.7 Å². The van der Waals surface area contributed by atoms with Crippen LogP contribution in [-0.2, 0) is 4.84 Å². The molecule has 0 aliphatic heterocycles. The number of nitrogens with two attached hydrogens (primary N) is 1. The zero-order chi connectivity index (χ0) is 4.99. The van der Waals surface area contributed by atoms with Gasteiger partial charge in [-0.25, -0.2) is 0 Å². The van der Waals surface area contributed by atoms with Crippen LogP contribution in [0.25, 0.3) is 0 Å². The Hall–Kier alpha value is 0.190. The number of nitrogens with one attached hydrogen (secondary N) is 1. The van der Waals surface area contributed by atoms with E-state index >= 15 is 0 Å². The van der Waals surface area contributed by atoms with Gasteiger partial charge in [-0.2, -0.15) is 5.59 Å². The quantitative estimate of drug-likeness (QED) is 0.202. The van der Waals surface area contributed by atoms with Gasteiger partial charge in [-0.1, -0.05) is 0 Å². The standard InChI is InChI=1S/CH4N2O3.Na/c2-3-6-1(4)5;/h3H,2H2,(H,4,5);/q;+1/p-1. The van der Waals surface area contributed by atoms with Crippen molar-refractivity contribution in [1.29, 1.82) is 0 Å². The molecule has 0 saturated heterocycles. The second-order valence-corrected chi connectivity index (χ2v) is 0.470. The molecule has 0 aromatic rings. The molecule has 5 nitrogen and oxygen atoms in total. The normalized spacial score (nSPS) is 6.43. The van der Waals surface area contributed by atoms with Gasteiger partial charge in [0.1, 0.15) is 0 Å². The molecule has 3 N–H and O–H groups in total. The molecule has 6 heteroatoms. The third-order valence-electron chi connectivity index (χ3n) is 0.142. The van der Waals surface area contributed by atoms with E-state index in [1.54, 1.807) is 0 Å². The summed E-state index contributed by atoms with van der Waals surface area (Å²) in [5.41, 5.74) is 1.41. The summed E-state index contributed by atoms with van der Waals surface area (Å²) < 4.78 is 0. The number of carbonyl (C=O) groups is 1. The van der Waals surface area contributed by atoms with E-state index in [2.05, 4.69) is 10.7 Å². The Kier molecular flexibility index (Phi) is 9.04. The summed E-state index contributed by atoms with van der Waals surface area (Å²) >= 11 is 0. The topological polar surface area (TPSA) is 87.4 Å². The maximum absolute atomic E-state index is 9.12. The number of hydrogen-bond acceptors (Lipinski definition) is 5. The summed E-state index contributed by atoms with van der Waals surface area (Å²) in [6.45, 7) is 0. The van der Waals surface area contributed by atoms with Crippen LogP contribution in [-0.4, -0.2) is 6.16 Å². The molecular weight excluding hydrogens is 111 g/mol. The number of carbonyl (C=O) groups excluding carboxylic acids is 1. The summed E-state index contributed by atoms with van der Waals surface area (Å²) in [5, 5.41) is 9.12. The molecule has 36 valence electrons. The molecule has 0 spiro atoms. The Balaban J connectivity index is 0. The van der Waals surface area contributed by atoms with Crippen molar-refractivity contribution in [2.45, 2.75) is 0 Å². The Morgan fingerprint density at radius 1 is 1.86 bits per heavy atom. The maximum Gasteiger partial charge on any atom is 1.00 e. The first-order valence-corrected chi connectivity index (χ1v) is 1.11. The average Bonchev–Trinajstić information content (AvgIpc) is 1.35. The van der Waals surface area contributed by atoms with Crippen LogP contribution < -0.4 is 46.1 Å². The van der Waals surface area contributed by atoms with Crippen molar-refractivity contribution in [1.82, 2.24) is 5.59 Å². The second-order valence-electron chi connectivity index (χ2n) is 0.470. The molecule has 7 heavy (non-hydrogen) atoms. The van der Waals surface area contributed by atoms with Crippen molar-refractivity contribution in [3.63, 3.8) is 0 Å². The Morgan fingerprint density at radius 2 is 2.29 bits per heavy atom. The van der Waals surface area contributed by atoms with Gasteiger partial charge in [-0.3, -0.25) is 5.84 Å². The minimum Gasteiger partial charge on any atom is -0.454 e. The minimum absolute atomic E-state index is 0. The van der Waals surface area contributed by atoms with Crippen LogP contribution in [0.2, 0.25) is 0 Å². The SMILES string of the molecule is NNOC(=O)[O-].[Na+]. The molecule has 0 aromatic heterocycles. The molecule has 0 amide bonds. The van der Waals surface area contributed by atoms with Crippen LogP contribution in [0.3, 0.4) is 0 Å². The summed E-state index contributed by atoms with van der Waals surface area (Å²) in [5.74, 6) is 4.34. The van der Waals surface area contributed by atoms with E-state index in [1.165, 1.54) is 5.59 Å². The van der Waals surface area contributed by atoms with Crippen molar-refractivity contribution < 1.29 is 44.3 Å². The zero-order valence-corrected chi connectivity index (χ0v) is 5.80. The van der Waals surface area contributed by atoms with Gasteiger partial charge in [0.2, 0.25) is 0 Å². The van der Waals surface area contributed by atoms with Crippen molar-refractivity contribution in [2.24, 2.45) is 5.84 Å². The number of carboxylic acid groups (broad SMARTS) is 1. The molecule has 0 unspecified atom stereocenters. The monoisotopic (exact) mass is 114 g/mol. The van der Waals surface area contributed by atoms with E-state index in [4.69, 9.17) is 9.90 Å². The first-order valence-electron chi connectivity index (χ1n) is 1.11. The molecule has 0 aliphatic rings. The summed E-state index contributed by atoms with van der Waals surface area (Å²) in [6.07, 6.45) is -1.70. The Morgan fingerprint density at radius 3 is 2.29 bits per heavy atom. The fraction of sp³-hybridized carbons (Fsp3) is 0. The van der Waals surface area contributed by atoms with Crippen LogP contribution in [0.5, 0.6) is 0 Å². The molecule has 0 aromatic carbocycles. The third kappa shape index (κ3) is 10.7. The average molecular weight is 114 g/mol. The summed E-state index contributed by atoms with van der Waals surface area (Å²) in [7, 11) is 0. The molecule has 0 radical (unpaired) electrons. The molecule has 0 rings (SSSR count). The number of hydrogen-bond donors (Lipinski definition) is 2. The zero-order valence-electron chi connectivity index (χ0n) is 3.80. The van der Waals surface area contributed by atoms with Crippen LogP contribution in [0.15, 0.2) is 0 Å². The van der Waals surface area contributed by atoms with Gasteiger partial charge in [0, 0.05) is 0 Å². The van der Waals surface area contributed by atoms with E-state index < -0.39 is 6.16 Å². The van der Waals surface area contributed by atoms with E-state index in [-0.39, 0.29) is 29.6 Å². The fourth-order valence-electron chi connectivity index (χ4n) is 0.0481. The van der Waals surface area contributed by atoms with Crippen molar-refractivity contribution >= 4 is 6.16 Å². The Labute approximate surface area is 62.0 Å². The molecule has 0 saturated carbocycles. The maximum atomic E-state index is 9.12. The molecular formula is CH3N2NaO3. The fourth-order valence-corrected chi connectivity index (χ4v) is 0.0481. The predicted molar refractivity (Wildman–Crippen MR) is 13.8 cm³/mol. The van der Waals surface area contributed by atoms with Gasteiger partial charge in [0.05, 0.1) is 0 Å². The van der Waals surface area contributed by atoms with Crippen molar-refractivity contribution in [3.8, 4) is 0 Å². The van der Waals surface area contributed by atoms with Crippen molar-refractivity contribution in [2.75, 3.05) is 0 Å². The predicted octanol–water partition coefficient (Wildman–Crippen LogP) is -5.27. The Bertz CT molecular complexity index is 56.9. The van der Waals surface area contributed by atoms with Gasteiger partial charge in [0.15, 0.2) is 0 Å². The first kappa shape index (κ1) is 10.2. The molecule has 0 heterocycles. The first-order chi connectivity index (χ1) is 2.77. The smallest absolute Gasteiger partial charge is 0.454 e. The summed E-state index contributed by atoms with van der Waals surface area (Å²) in [4.78, 5) is 12.5. The van der Waals surface area contributed by atoms with E-state index in [1.807, 2.05) is 0 Å². The second kappa shape index (κ2) is 6.19. The molecule has 0 bridgehead atoms. The third-order valence-corrected chi connectivity index (χ3v) is 0.142. The largest absolute Gasteiger partial charge is 1.00 e. The molecule has 0 atom stereocenters. The van der Waals surface area contributed by atoms with Gasteiger partial charge in [-0.15, -0.1) is 0 Å². The number of rotatable bonds is 1. The van der Waals surface area contributed by atoms with Gasteiger partial charge >= 0.3 is 29.6 Å². The van der Waals surface area contributed by atoms with Crippen molar-refractivity contribution in [3.05, 3.63) is 0 Å². The van der Waals surface area contributed by atoms with Crippen LogP contribution in [0.4, 0.5) is 4.79 Å². The van der Waals surface area contributed by atoms with Crippen LogP contribution in [0, 0.1) is 0 Å². The van der Waals surface area contributed by atoms with Gasteiger partial charge in [-0.05, 0) is 0 Å². The summed E-state index contributed by atoms with van der Waals surface area (Å²) in [6, 6.07) is 0. The minimum atomic E-state index is -1.70.